The maximum atomic E-state index is 14.4. The summed E-state index contributed by atoms with van der Waals surface area (Å²) in [4.78, 5) is 4.07. The smallest absolute Gasteiger partial charge is 0.292 e. The highest BCUT2D eigenvalue weighted by Crippen LogP contribution is 2.81. The predicted octanol–water partition coefficient (Wildman–Crippen LogP) is 2.02. The Labute approximate surface area is 140 Å². The summed E-state index contributed by atoms with van der Waals surface area (Å²) in [6.45, 7) is 0. The fourth-order valence-corrected chi connectivity index (χ4v) is 4.06. The van der Waals surface area contributed by atoms with Crippen LogP contribution < -0.4 is 5.73 Å². The standard InChI is InChI=1S/C15H12BrFN4O2/c1-22-15(23-2)14(7-19)11(13(14,6-18)12(20)21-15)9-4-3-8(16)5-10(9)17/h3-5,11H,1-2H3,(H2,20,21). The lowest BCUT2D eigenvalue weighted by molar-refractivity contribution is -0.230. The van der Waals surface area contributed by atoms with Crippen molar-refractivity contribution in [1.29, 1.82) is 10.5 Å². The van der Waals surface area contributed by atoms with Gasteiger partial charge in [-0.3, -0.25) is 0 Å². The van der Waals surface area contributed by atoms with Crippen molar-refractivity contribution >= 4 is 21.8 Å². The summed E-state index contributed by atoms with van der Waals surface area (Å²) in [5.41, 5.74) is 3.12. The number of aliphatic imine (C=N–C) groups is 1. The first-order valence-electron chi connectivity index (χ1n) is 6.64. The lowest BCUT2D eigenvalue weighted by atomic mass is 9.93. The fraction of sp³-hybridized carbons (Fsp3) is 0.400. The van der Waals surface area contributed by atoms with Crippen molar-refractivity contribution < 1.29 is 13.9 Å². The molecule has 0 bridgehead atoms. The molecular weight excluding hydrogens is 367 g/mol. The summed E-state index contributed by atoms with van der Waals surface area (Å²) < 4.78 is 25.6. The minimum absolute atomic E-state index is 0.0856. The molecule has 1 fully saturated rings. The van der Waals surface area contributed by atoms with E-state index >= 15 is 0 Å². The number of rotatable bonds is 3. The van der Waals surface area contributed by atoms with Gasteiger partial charge in [0.25, 0.3) is 5.91 Å². The lowest BCUT2D eigenvalue weighted by Gasteiger charge is -2.29. The molecule has 0 radical (unpaired) electrons. The maximum Gasteiger partial charge on any atom is 0.292 e. The Morgan fingerprint density at radius 3 is 2.43 bits per heavy atom. The highest BCUT2D eigenvalue weighted by Gasteiger charge is 2.93. The number of halogens is 2. The first kappa shape index (κ1) is 15.9. The Balaban J connectivity index is 2.28. The number of fused-ring (bicyclic) bond motifs is 1. The van der Waals surface area contributed by atoms with Gasteiger partial charge in [-0.25, -0.2) is 9.38 Å². The van der Waals surface area contributed by atoms with Gasteiger partial charge in [0.2, 0.25) is 0 Å². The quantitative estimate of drug-likeness (QED) is 0.810. The average Bonchev–Trinajstić information content (AvgIpc) is 3.10. The molecule has 1 heterocycles. The van der Waals surface area contributed by atoms with E-state index in [0.717, 1.165) is 0 Å². The van der Waals surface area contributed by atoms with Crippen LogP contribution in [0.1, 0.15) is 11.5 Å². The van der Waals surface area contributed by atoms with Crippen LogP contribution in [0.25, 0.3) is 0 Å². The second kappa shape index (κ2) is 4.75. The van der Waals surface area contributed by atoms with Crippen LogP contribution in [0.3, 0.4) is 0 Å². The van der Waals surface area contributed by atoms with Gasteiger partial charge < -0.3 is 15.2 Å². The van der Waals surface area contributed by atoms with E-state index in [0.29, 0.717) is 4.47 Å². The second-order valence-electron chi connectivity index (χ2n) is 5.43. The normalized spacial score (nSPS) is 33.3. The Bertz CT molecular complexity index is 811. The molecule has 0 spiro atoms. The highest BCUT2D eigenvalue weighted by molar-refractivity contribution is 9.10. The molecule has 1 aromatic carbocycles. The van der Waals surface area contributed by atoms with Gasteiger partial charge in [0.1, 0.15) is 17.1 Å². The molecule has 1 aliphatic carbocycles. The van der Waals surface area contributed by atoms with Crippen LogP contribution in [0, 0.1) is 39.3 Å². The third-order valence-electron chi connectivity index (χ3n) is 4.75. The molecule has 8 heteroatoms. The van der Waals surface area contributed by atoms with Gasteiger partial charge >= 0.3 is 0 Å². The number of methoxy groups -OCH3 is 2. The minimum atomic E-state index is -1.74. The Morgan fingerprint density at radius 2 is 1.96 bits per heavy atom. The van der Waals surface area contributed by atoms with Crippen LogP contribution in [0.4, 0.5) is 4.39 Å². The van der Waals surface area contributed by atoms with Gasteiger partial charge in [-0.15, -0.1) is 0 Å². The molecule has 0 amide bonds. The molecule has 0 saturated heterocycles. The van der Waals surface area contributed by atoms with E-state index in [4.69, 9.17) is 15.2 Å². The van der Waals surface area contributed by atoms with Crippen molar-refractivity contribution in [3.05, 3.63) is 34.1 Å². The average molecular weight is 379 g/mol. The largest absolute Gasteiger partial charge is 0.386 e. The molecule has 1 saturated carbocycles. The number of amidine groups is 1. The van der Waals surface area contributed by atoms with Crippen LogP contribution in [-0.4, -0.2) is 26.0 Å². The zero-order valence-electron chi connectivity index (χ0n) is 12.3. The Kier molecular flexibility index (Phi) is 3.28. The summed E-state index contributed by atoms with van der Waals surface area (Å²) in [5.74, 6) is -3.21. The molecule has 1 aromatic rings. The van der Waals surface area contributed by atoms with E-state index in [1.807, 2.05) is 0 Å². The first-order chi connectivity index (χ1) is 10.9. The summed E-state index contributed by atoms with van der Waals surface area (Å²) in [6.07, 6.45) is 0. The summed E-state index contributed by atoms with van der Waals surface area (Å²) >= 11 is 3.18. The molecule has 3 unspecified atom stereocenters. The molecule has 6 nitrogen and oxygen atoms in total. The Hall–Kier alpha value is -2.00. The highest BCUT2D eigenvalue weighted by atomic mass is 79.9. The zero-order chi connectivity index (χ0) is 17.0. The molecule has 2 N–H and O–H groups in total. The summed E-state index contributed by atoms with van der Waals surface area (Å²) in [6, 6.07) is 8.55. The zero-order valence-corrected chi connectivity index (χ0v) is 13.9. The van der Waals surface area contributed by atoms with Crippen LogP contribution in [0.15, 0.2) is 27.7 Å². The van der Waals surface area contributed by atoms with Gasteiger partial charge in [-0.2, -0.15) is 10.5 Å². The maximum absolute atomic E-state index is 14.4. The molecule has 1 aliphatic heterocycles. The summed E-state index contributed by atoms with van der Waals surface area (Å²) in [7, 11) is 2.61. The van der Waals surface area contributed by atoms with Crippen molar-refractivity contribution in [3.63, 3.8) is 0 Å². The Morgan fingerprint density at radius 1 is 1.30 bits per heavy atom. The number of nitrogens with two attached hydrogens (primary N) is 1. The van der Waals surface area contributed by atoms with Gasteiger partial charge in [-0.05, 0) is 17.7 Å². The molecule has 0 aromatic heterocycles. The third-order valence-corrected chi connectivity index (χ3v) is 5.25. The van der Waals surface area contributed by atoms with Gasteiger partial charge in [0, 0.05) is 24.6 Å². The van der Waals surface area contributed by atoms with E-state index in [-0.39, 0.29) is 11.4 Å². The van der Waals surface area contributed by atoms with E-state index in [1.54, 1.807) is 6.07 Å². The predicted molar refractivity (Wildman–Crippen MR) is 81.3 cm³/mol. The summed E-state index contributed by atoms with van der Waals surface area (Å²) in [5, 5.41) is 19.6. The molecule has 118 valence electrons. The number of benzene rings is 1. The van der Waals surface area contributed by atoms with Crippen LogP contribution in [-0.2, 0) is 9.47 Å². The molecular formula is C15H12BrFN4O2. The number of ether oxygens (including phenoxy) is 2. The molecule has 3 rings (SSSR count). The van der Waals surface area contributed by atoms with E-state index in [2.05, 4.69) is 33.1 Å². The van der Waals surface area contributed by atoms with Crippen molar-refractivity contribution in [2.75, 3.05) is 14.2 Å². The van der Waals surface area contributed by atoms with Crippen molar-refractivity contribution in [3.8, 4) is 12.1 Å². The van der Waals surface area contributed by atoms with Crippen molar-refractivity contribution in [2.45, 2.75) is 11.8 Å². The number of nitriles is 2. The van der Waals surface area contributed by atoms with Crippen molar-refractivity contribution in [2.24, 2.45) is 21.6 Å². The number of nitrogens with zero attached hydrogens (tertiary/aromatic N) is 3. The van der Waals surface area contributed by atoms with E-state index < -0.39 is 28.5 Å². The SMILES string of the molecule is COC1(OC)N=C(N)C2(C#N)C(c3ccc(Br)cc3F)C12C#N. The fourth-order valence-electron chi connectivity index (χ4n) is 3.72. The van der Waals surface area contributed by atoms with Crippen molar-refractivity contribution in [1.82, 2.24) is 0 Å². The topological polar surface area (TPSA) is 104 Å². The minimum Gasteiger partial charge on any atom is -0.386 e. The van der Waals surface area contributed by atoms with Crippen LogP contribution in [0.2, 0.25) is 0 Å². The lowest BCUT2D eigenvalue weighted by Crippen LogP contribution is -2.41. The van der Waals surface area contributed by atoms with Crippen LogP contribution >= 0.6 is 15.9 Å². The van der Waals surface area contributed by atoms with Gasteiger partial charge in [-0.1, -0.05) is 22.0 Å². The van der Waals surface area contributed by atoms with E-state index in [1.165, 1.54) is 26.4 Å². The number of hydrogen-bond donors (Lipinski definition) is 1. The first-order valence-corrected chi connectivity index (χ1v) is 7.43. The second-order valence-corrected chi connectivity index (χ2v) is 6.34. The molecule has 23 heavy (non-hydrogen) atoms. The monoisotopic (exact) mass is 378 g/mol. The molecule has 2 aliphatic rings. The third kappa shape index (κ3) is 1.49. The van der Waals surface area contributed by atoms with Crippen LogP contribution in [0.5, 0.6) is 0 Å². The van der Waals surface area contributed by atoms with Gasteiger partial charge in [0.15, 0.2) is 5.41 Å². The molecule has 3 atom stereocenters. The number of hydrogen-bond acceptors (Lipinski definition) is 6. The van der Waals surface area contributed by atoms with Gasteiger partial charge in [0.05, 0.1) is 12.1 Å². The van der Waals surface area contributed by atoms with E-state index in [9.17, 15) is 14.9 Å².